The van der Waals surface area contributed by atoms with E-state index in [1.807, 2.05) is 42.5 Å². The van der Waals surface area contributed by atoms with E-state index in [9.17, 15) is 4.79 Å². The molecule has 0 radical (unpaired) electrons. The van der Waals surface area contributed by atoms with Crippen molar-refractivity contribution >= 4 is 29.5 Å². The molecule has 11 nitrogen and oxygen atoms in total. The third-order valence-corrected chi connectivity index (χ3v) is 5.61. The molecule has 2 aromatic heterocycles. The third-order valence-electron chi connectivity index (χ3n) is 5.24. The average Bonchev–Trinajstić information content (AvgIpc) is 3.55. The summed E-state index contributed by atoms with van der Waals surface area (Å²) in [6.45, 7) is 0.347. The SMILES string of the molecule is Nc1nonc1-n1nnc(-c2ccccc2)c1C(=O)N/N=C/c1ccc(OCc2ccccc2Cl)cc1. The largest absolute Gasteiger partial charge is 0.489 e. The van der Waals surface area contributed by atoms with Gasteiger partial charge in [0.15, 0.2) is 5.69 Å². The Morgan fingerprint density at radius 3 is 2.54 bits per heavy atom. The highest BCUT2D eigenvalue weighted by atomic mass is 35.5. The number of carbonyl (C=O) groups excluding carboxylic acids is 1. The Morgan fingerprint density at radius 1 is 1.05 bits per heavy atom. The first-order valence-corrected chi connectivity index (χ1v) is 11.4. The van der Waals surface area contributed by atoms with Gasteiger partial charge in [-0.3, -0.25) is 4.79 Å². The average molecular weight is 515 g/mol. The number of nitrogens with zero attached hydrogens (tertiary/aromatic N) is 6. The van der Waals surface area contributed by atoms with Crippen molar-refractivity contribution in [2.75, 3.05) is 5.73 Å². The monoisotopic (exact) mass is 514 g/mol. The fraction of sp³-hybridized carbons (Fsp3) is 0.0400. The van der Waals surface area contributed by atoms with E-state index in [2.05, 4.69) is 35.8 Å². The van der Waals surface area contributed by atoms with E-state index in [1.54, 1.807) is 36.4 Å². The molecular weight excluding hydrogens is 496 g/mol. The fourth-order valence-electron chi connectivity index (χ4n) is 3.41. The molecule has 5 rings (SSSR count). The summed E-state index contributed by atoms with van der Waals surface area (Å²) in [5, 5.41) is 20.2. The minimum atomic E-state index is -0.581. The third kappa shape index (κ3) is 5.31. The summed E-state index contributed by atoms with van der Waals surface area (Å²) in [6.07, 6.45) is 1.50. The minimum Gasteiger partial charge on any atom is -0.489 e. The second kappa shape index (κ2) is 10.7. The number of rotatable bonds is 8. The van der Waals surface area contributed by atoms with Gasteiger partial charge in [0.25, 0.3) is 5.91 Å². The van der Waals surface area contributed by atoms with E-state index in [0.717, 1.165) is 15.8 Å². The van der Waals surface area contributed by atoms with Crippen LogP contribution in [-0.4, -0.2) is 37.4 Å². The summed E-state index contributed by atoms with van der Waals surface area (Å²) < 4.78 is 11.6. The number of nitrogens with one attached hydrogen (secondary N) is 1. The summed E-state index contributed by atoms with van der Waals surface area (Å²) in [5.74, 6) is 0.0830. The van der Waals surface area contributed by atoms with Crippen molar-refractivity contribution in [1.29, 1.82) is 0 Å². The van der Waals surface area contributed by atoms with Gasteiger partial charge in [0.05, 0.1) is 6.21 Å². The maximum Gasteiger partial charge on any atom is 0.292 e. The predicted octanol–water partition coefficient (Wildman–Crippen LogP) is 3.90. The molecule has 2 heterocycles. The molecule has 1 amide bonds. The van der Waals surface area contributed by atoms with Crippen LogP contribution in [0.4, 0.5) is 5.82 Å². The predicted molar refractivity (Wildman–Crippen MR) is 136 cm³/mol. The number of ether oxygens (including phenoxy) is 1. The van der Waals surface area contributed by atoms with Crippen molar-refractivity contribution < 1.29 is 14.2 Å². The number of anilines is 1. The Balaban J connectivity index is 1.30. The van der Waals surface area contributed by atoms with Crippen LogP contribution in [0.5, 0.6) is 5.75 Å². The van der Waals surface area contributed by atoms with Crippen LogP contribution in [0.1, 0.15) is 21.6 Å². The lowest BCUT2D eigenvalue weighted by atomic mass is 10.1. The summed E-state index contributed by atoms with van der Waals surface area (Å²) >= 11 is 6.17. The van der Waals surface area contributed by atoms with Crippen LogP contribution < -0.4 is 15.9 Å². The van der Waals surface area contributed by atoms with Gasteiger partial charge < -0.3 is 10.5 Å². The molecule has 0 unspecified atom stereocenters. The Bertz CT molecular complexity index is 1550. The Morgan fingerprint density at radius 2 is 1.81 bits per heavy atom. The van der Waals surface area contributed by atoms with E-state index in [4.69, 9.17) is 22.1 Å². The number of carbonyl (C=O) groups is 1. The van der Waals surface area contributed by atoms with Crippen molar-refractivity contribution in [3.8, 4) is 22.8 Å². The Labute approximate surface area is 215 Å². The van der Waals surface area contributed by atoms with Crippen LogP contribution in [0, 0.1) is 0 Å². The zero-order chi connectivity index (χ0) is 25.6. The highest BCUT2D eigenvalue weighted by molar-refractivity contribution is 6.31. The second-order valence-corrected chi connectivity index (χ2v) is 8.09. The standard InChI is InChI=1S/C25H19ClN8O3/c26-20-9-5-4-8-18(20)15-36-19-12-10-16(11-13-19)14-28-30-25(35)22-21(17-6-2-1-3-7-17)29-33-34(22)24-23(27)31-37-32-24/h1-14H,15H2,(H2,27,31)(H,30,35)/b28-14+. The Hall–Kier alpha value is -5.03. The molecule has 5 aromatic rings. The zero-order valence-corrected chi connectivity index (χ0v) is 19.9. The van der Waals surface area contributed by atoms with Gasteiger partial charge in [-0.25, -0.2) is 10.1 Å². The number of hydrogen-bond acceptors (Lipinski definition) is 9. The molecule has 12 heteroatoms. The number of benzene rings is 3. The molecule has 0 fully saturated rings. The van der Waals surface area contributed by atoms with E-state index >= 15 is 0 Å². The van der Waals surface area contributed by atoms with Crippen LogP contribution >= 0.6 is 11.6 Å². The van der Waals surface area contributed by atoms with Crippen molar-refractivity contribution in [2.24, 2.45) is 5.10 Å². The highest BCUT2D eigenvalue weighted by Gasteiger charge is 2.25. The molecular formula is C25H19ClN8O3. The Kier molecular flexibility index (Phi) is 6.86. The summed E-state index contributed by atoms with van der Waals surface area (Å²) in [6, 6.07) is 23.8. The van der Waals surface area contributed by atoms with Crippen LogP contribution in [0.25, 0.3) is 17.1 Å². The van der Waals surface area contributed by atoms with Crippen LogP contribution in [0.15, 0.2) is 88.6 Å². The first kappa shape index (κ1) is 23.7. The molecule has 3 aromatic carbocycles. The normalized spacial score (nSPS) is 11.1. The number of nitrogens with two attached hydrogens (primary N) is 1. The number of nitrogen functional groups attached to an aromatic ring is 1. The fourth-order valence-corrected chi connectivity index (χ4v) is 3.60. The van der Waals surface area contributed by atoms with Gasteiger partial charge in [0.2, 0.25) is 11.6 Å². The quantitative estimate of drug-likeness (QED) is 0.234. The molecule has 3 N–H and O–H groups in total. The number of hydrazone groups is 1. The maximum atomic E-state index is 13.1. The highest BCUT2D eigenvalue weighted by Crippen LogP contribution is 2.24. The van der Waals surface area contributed by atoms with Crippen molar-refractivity contribution in [2.45, 2.75) is 6.61 Å². The van der Waals surface area contributed by atoms with Gasteiger partial charge >= 0.3 is 0 Å². The maximum absolute atomic E-state index is 13.1. The lowest BCUT2D eigenvalue weighted by molar-refractivity contribution is 0.0948. The number of halogens is 1. The molecule has 0 aliphatic rings. The number of hydrogen-bond donors (Lipinski definition) is 2. The van der Waals surface area contributed by atoms with E-state index in [0.29, 0.717) is 28.6 Å². The van der Waals surface area contributed by atoms with Gasteiger partial charge in [0, 0.05) is 16.1 Å². The molecule has 0 aliphatic carbocycles. The smallest absolute Gasteiger partial charge is 0.292 e. The van der Waals surface area contributed by atoms with Crippen LogP contribution in [-0.2, 0) is 6.61 Å². The molecule has 37 heavy (non-hydrogen) atoms. The van der Waals surface area contributed by atoms with E-state index in [1.165, 1.54) is 6.21 Å². The molecule has 0 bridgehead atoms. The van der Waals surface area contributed by atoms with E-state index in [-0.39, 0.29) is 17.3 Å². The summed E-state index contributed by atoms with van der Waals surface area (Å²) in [4.78, 5) is 13.1. The van der Waals surface area contributed by atoms with Crippen molar-refractivity contribution in [1.82, 2.24) is 30.7 Å². The molecule has 0 atom stereocenters. The molecule has 0 spiro atoms. The van der Waals surface area contributed by atoms with Crippen molar-refractivity contribution in [3.05, 3.63) is 101 Å². The van der Waals surface area contributed by atoms with Gasteiger partial charge in [-0.15, -0.1) is 5.10 Å². The van der Waals surface area contributed by atoms with Gasteiger partial charge in [-0.1, -0.05) is 65.3 Å². The van der Waals surface area contributed by atoms with Crippen LogP contribution in [0.3, 0.4) is 0 Å². The molecule has 184 valence electrons. The van der Waals surface area contributed by atoms with Gasteiger partial charge in [0.1, 0.15) is 18.1 Å². The van der Waals surface area contributed by atoms with E-state index < -0.39 is 5.91 Å². The first-order valence-electron chi connectivity index (χ1n) is 11.0. The molecule has 0 aliphatic heterocycles. The first-order chi connectivity index (χ1) is 18.1. The lowest BCUT2D eigenvalue weighted by Gasteiger charge is -2.08. The summed E-state index contributed by atoms with van der Waals surface area (Å²) in [7, 11) is 0. The zero-order valence-electron chi connectivity index (χ0n) is 19.2. The van der Waals surface area contributed by atoms with Gasteiger partial charge in [-0.05, 0) is 46.2 Å². The summed E-state index contributed by atoms with van der Waals surface area (Å²) in [5.41, 5.74) is 11.0. The van der Waals surface area contributed by atoms with Crippen molar-refractivity contribution in [3.63, 3.8) is 0 Å². The number of amides is 1. The second-order valence-electron chi connectivity index (χ2n) is 7.69. The molecule has 0 saturated heterocycles. The lowest BCUT2D eigenvalue weighted by Crippen LogP contribution is -2.22. The van der Waals surface area contributed by atoms with Gasteiger partial charge in [-0.2, -0.15) is 9.78 Å². The topological polar surface area (TPSA) is 146 Å². The molecule has 0 saturated carbocycles. The number of aromatic nitrogens is 5. The minimum absolute atomic E-state index is 0.0381. The van der Waals surface area contributed by atoms with Crippen LogP contribution in [0.2, 0.25) is 5.02 Å².